The van der Waals surface area contributed by atoms with E-state index in [1.54, 1.807) is 6.33 Å². The summed E-state index contributed by atoms with van der Waals surface area (Å²) in [7, 11) is 0. The Bertz CT molecular complexity index is 559. The zero-order chi connectivity index (χ0) is 14.0. The first kappa shape index (κ1) is 14.1. The number of imidazole rings is 1. The molecular formula is C14H16F2N2S. The van der Waals surface area contributed by atoms with Crippen LogP contribution in [0.1, 0.15) is 32.4 Å². The lowest BCUT2D eigenvalue weighted by Crippen LogP contribution is -1.97. The summed E-state index contributed by atoms with van der Waals surface area (Å²) in [5, 5.41) is 0.947. The first-order valence-electron chi connectivity index (χ1n) is 6.20. The molecule has 0 aliphatic rings. The number of hydrogen-bond donors (Lipinski definition) is 0. The molecular weight excluding hydrogens is 266 g/mol. The standard InChI is InChI=1S/C14H16F2N2S/c1-4-18-8-17-13(9(2)3)14(18)19-12-6-10(15)5-11(16)7-12/h5-9H,4H2,1-3H3. The summed E-state index contributed by atoms with van der Waals surface area (Å²) in [5.74, 6) is -0.846. The van der Waals surface area contributed by atoms with Gasteiger partial charge in [0.25, 0.3) is 0 Å². The number of nitrogens with zero attached hydrogens (tertiary/aromatic N) is 2. The molecule has 2 rings (SSSR count). The summed E-state index contributed by atoms with van der Waals surface area (Å²) >= 11 is 1.35. The van der Waals surface area contributed by atoms with E-state index in [1.807, 2.05) is 11.5 Å². The molecule has 102 valence electrons. The molecule has 0 spiro atoms. The van der Waals surface area contributed by atoms with Crippen LogP contribution in [0.5, 0.6) is 0 Å². The third-order valence-electron chi connectivity index (χ3n) is 2.75. The lowest BCUT2D eigenvalue weighted by molar-refractivity contribution is 0.577. The smallest absolute Gasteiger partial charge is 0.127 e. The van der Waals surface area contributed by atoms with E-state index in [0.717, 1.165) is 23.3 Å². The van der Waals surface area contributed by atoms with Crippen molar-refractivity contribution in [3.8, 4) is 0 Å². The third-order valence-corrected chi connectivity index (χ3v) is 3.86. The number of rotatable bonds is 4. The summed E-state index contributed by atoms with van der Waals surface area (Å²) in [6.07, 6.45) is 1.77. The SMILES string of the molecule is CCn1cnc(C(C)C)c1Sc1cc(F)cc(F)c1. The van der Waals surface area contributed by atoms with Crippen molar-refractivity contribution in [2.24, 2.45) is 0 Å². The minimum Gasteiger partial charge on any atom is -0.326 e. The molecule has 2 nitrogen and oxygen atoms in total. The van der Waals surface area contributed by atoms with E-state index < -0.39 is 11.6 Å². The third kappa shape index (κ3) is 3.15. The lowest BCUT2D eigenvalue weighted by Gasteiger charge is -2.10. The molecule has 0 radical (unpaired) electrons. The van der Waals surface area contributed by atoms with Crippen LogP contribution in [0.4, 0.5) is 8.78 Å². The quantitative estimate of drug-likeness (QED) is 0.824. The average Bonchev–Trinajstić information content (AvgIpc) is 2.70. The van der Waals surface area contributed by atoms with Crippen LogP contribution in [0.25, 0.3) is 0 Å². The van der Waals surface area contributed by atoms with Gasteiger partial charge in [0.15, 0.2) is 0 Å². The van der Waals surface area contributed by atoms with Crippen LogP contribution in [0.15, 0.2) is 34.4 Å². The molecule has 0 amide bonds. The zero-order valence-electron chi connectivity index (χ0n) is 11.2. The van der Waals surface area contributed by atoms with Gasteiger partial charge in [-0.3, -0.25) is 0 Å². The van der Waals surface area contributed by atoms with Gasteiger partial charge in [-0.05, 0) is 25.0 Å². The molecule has 1 aromatic heterocycles. The van der Waals surface area contributed by atoms with Crippen molar-refractivity contribution in [2.45, 2.75) is 43.2 Å². The van der Waals surface area contributed by atoms with Crippen LogP contribution in [0, 0.1) is 11.6 Å². The van der Waals surface area contributed by atoms with Crippen molar-refractivity contribution in [1.82, 2.24) is 9.55 Å². The first-order chi connectivity index (χ1) is 9.01. The van der Waals surface area contributed by atoms with Gasteiger partial charge in [0.1, 0.15) is 16.7 Å². The van der Waals surface area contributed by atoms with Gasteiger partial charge in [-0.2, -0.15) is 0 Å². The maximum absolute atomic E-state index is 13.2. The van der Waals surface area contributed by atoms with Gasteiger partial charge >= 0.3 is 0 Å². The van der Waals surface area contributed by atoms with Crippen molar-refractivity contribution in [2.75, 3.05) is 0 Å². The predicted molar refractivity (Wildman–Crippen MR) is 72.5 cm³/mol. The lowest BCUT2D eigenvalue weighted by atomic mass is 10.2. The Morgan fingerprint density at radius 1 is 1.21 bits per heavy atom. The number of halogens is 2. The van der Waals surface area contributed by atoms with Crippen LogP contribution in [0.2, 0.25) is 0 Å². The largest absolute Gasteiger partial charge is 0.326 e. The molecule has 0 saturated heterocycles. The fourth-order valence-corrected chi connectivity index (χ4v) is 3.07. The fourth-order valence-electron chi connectivity index (χ4n) is 1.82. The zero-order valence-corrected chi connectivity index (χ0v) is 12.0. The summed E-state index contributed by atoms with van der Waals surface area (Å²) in [6.45, 7) is 6.90. The highest BCUT2D eigenvalue weighted by molar-refractivity contribution is 7.99. The molecule has 0 aliphatic carbocycles. The van der Waals surface area contributed by atoms with E-state index in [1.165, 1.54) is 23.9 Å². The Morgan fingerprint density at radius 3 is 2.37 bits per heavy atom. The molecule has 0 N–H and O–H groups in total. The summed E-state index contributed by atoms with van der Waals surface area (Å²) in [5.41, 5.74) is 0.955. The van der Waals surface area contributed by atoms with Crippen LogP contribution in [0.3, 0.4) is 0 Å². The van der Waals surface area contributed by atoms with Crippen molar-refractivity contribution in [3.63, 3.8) is 0 Å². The normalized spacial score (nSPS) is 11.3. The number of hydrogen-bond acceptors (Lipinski definition) is 2. The molecule has 2 aromatic rings. The summed E-state index contributed by atoms with van der Waals surface area (Å²) in [6, 6.07) is 3.56. The second kappa shape index (κ2) is 5.74. The van der Waals surface area contributed by atoms with Crippen LogP contribution in [-0.4, -0.2) is 9.55 Å². The highest BCUT2D eigenvalue weighted by Crippen LogP contribution is 2.34. The van der Waals surface area contributed by atoms with Gasteiger partial charge < -0.3 is 4.57 Å². The van der Waals surface area contributed by atoms with Crippen molar-refractivity contribution in [1.29, 1.82) is 0 Å². The number of aromatic nitrogens is 2. The average molecular weight is 282 g/mol. The van der Waals surface area contributed by atoms with E-state index in [4.69, 9.17) is 0 Å². The van der Waals surface area contributed by atoms with Crippen molar-refractivity contribution < 1.29 is 8.78 Å². The van der Waals surface area contributed by atoms with E-state index in [2.05, 4.69) is 18.8 Å². The monoisotopic (exact) mass is 282 g/mol. The van der Waals surface area contributed by atoms with E-state index in [9.17, 15) is 8.78 Å². The first-order valence-corrected chi connectivity index (χ1v) is 7.02. The number of aryl methyl sites for hydroxylation is 1. The molecule has 0 bridgehead atoms. The van der Waals surface area contributed by atoms with Crippen LogP contribution in [-0.2, 0) is 6.54 Å². The second-order valence-electron chi connectivity index (χ2n) is 4.58. The minimum atomic E-state index is -0.559. The minimum absolute atomic E-state index is 0.272. The predicted octanol–water partition coefficient (Wildman–Crippen LogP) is 4.46. The van der Waals surface area contributed by atoms with Gasteiger partial charge in [0.2, 0.25) is 0 Å². The summed E-state index contributed by atoms with van der Waals surface area (Å²) in [4.78, 5) is 4.93. The Labute approximate surface area is 115 Å². The van der Waals surface area contributed by atoms with Gasteiger partial charge in [-0.1, -0.05) is 25.6 Å². The molecule has 0 saturated carbocycles. The second-order valence-corrected chi connectivity index (χ2v) is 5.65. The molecule has 0 fully saturated rings. The maximum atomic E-state index is 13.2. The van der Waals surface area contributed by atoms with Gasteiger partial charge in [0, 0.05) is 17.5 Å². The van der Waals surface area contributed by atoms with E-state index in [0.29, 0.717) is 4.90 Å². The van der Waals surface area contributed by atoms with Crippen LogP contribution < -0.4 is 0 Å². The van der Waals surface area contributed by atoms with E-state index in [-0.39, 0.29) is 5.92 Å². The molecule has 5 heteroatoms. The molecule has 19 heavy (non-hydrogen) atoms. The fraction of sp³-hybridized carbons (Fsp3) is 0.357. The van der Waals surface area contributed by atoms with Crippen LogP contribution >= 0.6 is 11.8 Å². The van der Waals surface area contributed by atoms with Crippen molar-refractivity contribution in [3.05, 3.63) is 41.9 Å². The highest BCUT2D eigenvalue weighted by atomic mass is 32.2. The maximum Gasteiger partial charge on any atom is 0.127 e. The Hall–Kier alpha value is -1.36. The topological polar surface area (TPSA) is 17.8 Å². The number of benzene rings is 1. The van der Waals surface area contributed by atoms with Gasteiger partial charge in [-0.15, -0.1) is 0 Å². The molecule has 1 heterocycles. The Kier molecular flexibility index (Phi) is 4.24. The Balaban J connectivity index is 2.39. The molecule has 1 aromatic carbocycles. The highest BCUT2D eigenvalue weighted by Gasteiger charge is 2.15. The molecule has 0 unspecified atom stereocenters. The molecule has 0 aliphatic heterocycles. The van der Waals surface area contributed by atoms with Gasteiger partial charge in [-0.25, -0.2) is 13.8 Å². The van der Waals surface area contributed by atoms with E-state index >= 15 is 0 Å². The summed E-state index contributed by atoms with van der Waals surface area (Å²) < 4.78 is 28.4. The Morgan fingerprint density at radius 2 is 1.84 bits per heavy atom. The van der Waals surface area contributed by atoms with Gasteiger partial charge in [0.05, 0.1) is 12.0 Å². The van der Waals surface area contributed by atoms with Crippen molar-refractivity contribution >= 4 is 11.8 Å². The molecule has 0 atom stereocenters.